The van der Waals surface area contributed by atoms with Gasteiger partial charge in [0.05, 0.1) is 17.7 Å². The van der Waals surface area contributed by atoms with Gasteiger partial charge in [0, 0.05) is 31.1 Å². The number of methoxy groups -OCH3 is 1. The van der Waals surface area contributed by atoms with Gasteiger partial charge >= 0.3 is 0 Å². The van der Waals surface area contributed by atoms with Gasteiger partial charge in [0.25, 0.3) is 5.56 Å². The summed E-state index contributed by atoms with van der Waals surface area (Å²) < 4.78 is 7.50. The molecule has 6 nitrogen and oxygen atoms in total. The van der Waals surface area contributed by atoms with Crippen molar-refractivity contribution in [1.29, 1.82) is 0 Å². The molecule has 32 heavy (non-hydrogen) atoms. The van der Waals surface area contributed by atoms with Crippen molar-refractivity contribution in [2.75, 3.05) is 26.1 Å². The van der Waals surface area contributed by atoms with Gasteiger partial charge in [-0.05, 0) is 55.3 Å². The second kappa shape index (κ2) is 8.59. The lowest BCUT2D eigenvalue weighted by molar-refractivity contribution is -0.114. The zero-order valence-corrected chi connectivity index (χ0v) is 19.6. The van der Waals surface area contributed by atoms with E-state index in [4.69, 9.17) is 4.74 Å². The molecule has 0 spiro atoms. The van der Waals surface area contributed by atoms with E-state index < -0.39 is 6.04 Å². The van der Waals surface area contributed by atoms with Crippen LogP contribution in [0.2, 0.25) is 0 Å². The summed E-state index contributed by atoms with van der Waals surface area (Å²) >= 11 is 1.33. The Bertz CT molecular complexity index is 1400. The third-order valence-corrected chi connectivity index (χ3v) is 6.50. The zero-order chi connectivity index (χ0) is 23.0. The Kier molecular flexibility index (Phi) is 5.84. The minimum Gasteiger partial charge on any atom is -0.497 e. The van der Waals surface area contributed by atoms with Crippen LogP contribution in [0.4, 0.5) is 5.69 Å². The van der Waals surface area contributed by atoms with Gasteiger partial charge in [0.1, 0.15) is 5.75 Å². The fourth-order valence-corrected chi connectivity index (χ4v) is 4.97. The highest BCUT2D eigenvalue weighted by atomic mass is 32.1. The summed E-state index contributed by atoms with van der Waals surface area (Å²) in [4.78, 5) is 33.3. The molecule has 0 bridgehead atoms. The van der Waals surface area contributed by atoms with Crippen LogP contribution in [0.5, 0.6) is 5.75 Å². The first-order valence-corrected chi connectivity index (χ1v) is 11.1. The number of anilines is 1. The molecule has 2 heterocycles. The number of hydrogen-bond donors (Lipinski definition) is 0. The van der Waals surface area contributed by atoms with Crippen molar-refractivity contribution >= 4 is 28.9 Å². The number of carbonyl (C=O) groups excluding carboxylic acids is 1. The van der Waals surface area contributed by atoms with E-state index in [1.54, 1.807) is 11.7 Å². The average Bonchev–Trinajstić information content (AvgIpc) is 3.07. The topological polar surface area (TPSA) is 63.9 Å². The van der Waals surface area contributed by atoms with Crippen LogP contribution in [0.25, 0.3) is 6.08 Å². The highest BCUT2D eigenvalue weighted by molar-refractivity contribution is 7.07. The molecule has 1 atom stereocenters. The molecule has 3 aromatic rings. The van der Waals surface area contributed by atoms with Crippen molar-refractivity contribution < 1.29 is 9.53 Å². The van der Waals surface area contributed by atoms with Crippen LogP contribution in [-0.4, -0.2) is 31.6 Å². The molecular formula is C25H25N3O3S. The summed E-state index contributed by atoms with van der Waals surface area (Å²) in [5.41, 5.74) is 3.82. The number of hydrogen-bond acceptors (Lipinski definition) is 6. The normalized spacial score (nSPS) is 15.9. The van der Waals surface area contributed by atoms with E-state index in [2.05, 4.69) is 4.99 Å². The maximum absolute atomic E-state index is 13.5. The van der Waals surface area contributed by atoms with Gasteiger partial charge in [-0.15, -0.1) is 0 Å². The monoisotopic (exact) mass is 447 g/mol. The fraction of sp³-hybridized carbons (Fsp3) is 0.240. The Labute approximate surface area is 190 Å². The van der Waals surface area contributed by atoms with Gasteiger partial charge in [-0.1, -0.05) is 35.6 Å². The van der Waals surface area contributed by atoms with Gasteiger partial charge in [-0.2, -0.15) is 0 Å². The third kappa shape index (κ3) is 3.91. The molecule has 0 saturated heterocycles. The number of carbonyl (C=O) groups is 1. The third-order valence-electron chi connectivity index (χ3n) is 5.52. The Morgan fingerprint density at radius 1 is 1.19 bits per heavy atom. The van der Waals surface area contributed by atoms with Crippen molar-refractivity contribution in [3.8, 4) is 5.75 Å². The predicted molar refractivity (Wildman–Crippen MR) is 128 cm³/mol. The first-order valence-electron chi connectivity index (χ1n) is 10.2. The molecule has 0 amide bonds. The molecule has 4 rings (SSSR count). The maximum Gasteiger partial charge on any atom is 0.271 e. The van der Waals surface area contributed by atoms with E-state index in [0.717, 1.165) is 22.6 Å². The average molecular weight is 448 g/mol. The van der Waals surface area contributed by atoms with Crippen LogP contribution in [0.1, 0.15) is 31.0 Å². The van der Waals surface area contributed by atoms with E-state index in [0.29, 0.717) is 20.6 Å². The Hall–Kier alpha value is -3.45. The number of fused-ring (bicyclic) bond motifs is 1. The zero-order valence-electron chi connectivity index (χ0n) is 18.7. The number of allylic oxidation sites excluding steroid dienone is 2. The molecule has 0 aliphatic carbocycles. The lowest BCUT2D eigenvalue weighted by Gasteiger charge is -2.25. The van der Waals surface area contributed by atoms with Crippen molar-refractivity contribution in [1.82, 2.24) is 4.57 Å². The van der Waals surface area contributed by atoms with Crippen molar-refractivity contribution in [3.63, 3.8) is 0 Å². The van der Waals surface area contributed by atoms with Crippen molar-refractivity contribution in [2.24, 2.45) is 4.99 Å². The van der Waals surface area contributed by atoms with Crippen LogP contribution in [-0.2, 0) is 4.79 Å². The smallest absolute Gasteiger partial charge is 0.271 e. The molecule has 7 heteroatoms. The Balaban J connectivity index is 1.92. The quantitative estimate of drug-likeness (QED) is 0.603. The molecular weight excluding hydrogens is 422 g/mol. The fourth-order valence-electron chi connectivity index (χ4n) is 3.92. The van der Waals surface area contributed by atoms with Gasteiger partial charge < -0.3 is 9.64 Å². The first kappa shape index (κ1) is 21.8. The van der Waals surface area contributed by atoms with Crippen LogP contribution in [0.15, 0.2) is 69.6 Å². The summed E-state index contributed by atoms with van der Waals surface area (Å²) in [6.07, 6.45) is 1.84. The number of benzene rings is 2. The van der Waals surface area contributed by atoms with Gasteiger partial charge in [-0.25, -0.2) is 4.99 Å². The molecule has 0 fully saturated rings. The Morgan fingerprint density at radius 2 is 1.91 bits per heavy atom. The molecule has 0 radical (unpaired) electrons. The first-order chi connectivity index (χ1) is 15.3. The number of ether oxygens (including phenoxy) is 1. The molecule has 1 aromatic heterocycles. The van der Waals surface area contributed by atoms with E-state index >= 15 is 0 Å². The summed E-state index contributed by atoms with van der Waals surface area (Å²) in [5, 5.41) is 0. The summed E-state index contributed by atoms with van der Waals surface area (Å²) in [7, 11) is 5.56. The van der Waals surface area contributed by atoms with Gasteiger partial charge in [0.2, 0.25) is 0 Å². The highest BCUT2D eigenvalue weighted by Gasteiger charge is 2.30. The molecule has 2 aromatic carbocycles. The molecule has 164 valence electrons. The van der Waals surface area contributed by atoms with E-state index in [1.165, 1.54) is 18.3 Å². The van der Waals surface area contributed by atoms with E-state index in [9.17, 15) is 9.59 Å². The lowest BCUT2D eigenvalue weighted by atomic mass is 9.93. The van der Waals surface area contributed by atoms with E-state index in [-0.39, 0.29) is 11.3 Å². The Morgan fingerprint density at radius 3 is 2.53 bits per heavy atom. The van der Waals surface area contributed by atoms with Crippen molar-refractivity contribution in [2.45, 2.75) is 19.9 Å². The molecule has 1 aliphatic rings. The summed E-state index contributed by atoms with van der Waals surface area (Å²) in [6, 6.07) is 15.0. The maximum atomic E-state index is 13.5. The van der Waals surface area contributed by atoms with Gasteiger partial charge in [-0.3, -0.25) is 14.2 Å². The number of nitrogens with zero attached hydrogens (tertiary/aromatic N) is 3. The van der Waals surface area contributed by atoms with Gasteiger partial charge in [0.15, 0.2) is 10.6 Å². The van der Waals surface area contributed by atoms with Crippen molar-refractivity contribution in [3.05, 3.63) is 90.6 Å². The second-order valence-electron chi connectivity index (χ2n) is 7.90. The summed E-state index contributed by atoms with van der Waals surface area (Å²) in [6.45, 7) is 3.36. The molecule has 0 unspecified atom stereocenters. The van der Waals surface area contributed by atoms with Crippen LogP contribution in [0, 0.1) is 0 Å². The SMILES string of the molecule is COc1cccc(/C=c2/sc3n(c2=O)[C@H](c2ccc(N(C)C)cc2)C(C(C)=O)=C(C)N=3)c1. The lowest BCUT2D eigenvalue weighted by Crippen LogP contribution is -2.39. The number of rotatable bonds is 5. The van der Waals surface area contributed by atoms with Crippen LogP contribution >= 0.6 is 11.3 Å². The number of Topliss-reactive ketones (excluding diaryl/α,β-unsaturated/α-hetero) is 1. The molecule has 0 N–H and O–H groups in total. The minimum absolute atomic E-state index is 0.0880. The second-order valence-corrected chi connectivity index (χ2v) is 8.91. The predicted octanol–water partition coefficient (Wildman–Crippen LogP) is 2.90. The summed E-state index contributed by atoms with van der Waals surface area (Å²) in [5.74, 6) is 0.634. The van der Waals surface area contributed by atoms with Crippen LogP contribution in [0.3, 0.4) is 0 Å². The minimum atomic E-state index is -0.507. The largest absolute Gasteiger partial charge is 0.497 e. The van der Waals surface area contributed by atoms with Crippen LogP contribution < -0.4 is 24.5 Å². The molecule has 0 saturated carbocycles. The number of ketones is 1. The number of aromatic nitrogens is 1. The molecule has 1 aliphatic heterocycles. The van der Waals surface area contributed by atoms with E-state index in [1.807, 2.05) is 80.5 Å². The number of thiazole rings is 1. The highest BCUT2D eigenvalue weighted by Crippen LogP contribution is 2.31. The standard InChI is InChI=1S/C25H25N3O3S/c1-15-22(16(2)29)23(18-9-11-19(12-10-18)27(3)4)28-24(30)21(32-25(28)26-15)14-17-7-6-8-20(13-17)31-5/h6-14,23H,1-5H3/b21-14+/t23-/m1/s1.